The Morgan fingerprint density at radius 2 is 2.25 bits per heavy atom. The SMILES string of the molecule is CN1CCCC(N(C)c2ccc(F)c(N)c2C(=O)O)C1. The van der Waals surface area contributed by atoms with Crippen LogP contribution in [0.3, 0.4) is 0 Å². The molecule has 0 aromatic heterocycles. The van der Waals surface area contributed by atoms with Gasteiger partial charge in [0.2, 0.25) is 0 Å². The van der Waals surface area contributed by atoms with E-state index in [1.807, 2.05) is 19.0 Å². The minimum Gasteiger partial charge on any atom is -0.478 e. The van der Waals surface area contributed by atoms with E-state index in [1.54, 1.807) is 0 Å². The van der Waals surface area contributed by atoms with Crippen molar-refractivity contribution in [3.05, 3.63) is 23.5 Å². The van der Waals surface area contributed by atoms with Crippen molar-refractivity contribution in [3.63, 3.8) is 0 Å². The topological polar surface area (TPSA) is 69.8 Å². The van der Waals surface area contributed by atoms with Gasteiger partial charge in [0.25, 0.3) is 0 Å². The molecule has 0 aliphatic carbocycles. The van der Waals surface area contributed by atoms with Crippen LogP contribution in [0.25, 0.3) is 0 Å². The summed E-state index contributed by atoms with van der Waals surface area (Å²) in [6.45, 7) is 1.90. The van der Waals surface area contributed by atoms with E-state index in [1.165, 1.54) is 12.1 Å². The molecule has 1 aliphatic rings. The Morgan fingerprint density at radius 1 is 1.55 bits per heavy atom. The minimum atomic E-state index is -1.20. The Morgan fingerprint density at radius 3 is 2.85 bits per heavy atom. The number of carboxylic acids is 1. The Bertz CT molecular complexity index is 521. The summed E-state index contributed by atoms with van der Waals surface area (Å²) in [5.41, 5.74) is 5.60. The summed E-state index contributed by atoms with van der Waals surface area (Å²) in [6.07, 6.45) is 2.04. The number of likely N-dealkylation sites (N-methyl/N-ethyl adjacent to an activating group) is 2. The van der Waals surface area contributed by atoms with Gasteiger partial charge in [-0.2, -0.15) is 0 Å². The smallest absolute Gasteiger partial charge is 0.340 e. The molecular weight excluding hydrogens is 261 g/mol. The number of carboxylic acid groups (broad SMARTS) is 1. The zero-order valence-electron chi connectivity index (χ0n) is 11.8. The van der Waals surface area contributed by atoms with Crippen LogP contribution in [0.4, 0.5) is 15.8 Å². The van der Waals surface area contributed by atoms with E-state index < -0.39 is 11.8 Å². The molecule has 1 fully saturated rings. The first kappa shape index (κ1) is 14.6. The molecule has 1 unspecified atom stereocenters. The van der Waals surface area contributed by atoms with E-state index in [9.17, 15) is 14.3 Å². The fourth-order valence-corrected chi connectivity index (χ4v) is 2.75. The Kier molecular flexibility index (Phi) is 4.13. The number of likely N-dealkylation sites (tertiary alicyclic amines) is 1. The molecule has 5 nitrogen and oxygen atoms in total. The number of benzene rings is 1. The van der Waals surface area contributed by atoms with Crippen LogP contribution in [0.1, 0.15) is 23.2 Å². The zero-order chi connectivity index (χ0) is 14.9. The highest BCUT2D eigenvalue weighted by Gasteiger charge is 2.26. The number of carbonyl (C=O) groups is 1. The summed E-state index contributed by atoms with van der Waals surface area (Å²) < 4.78 is 13.5. The molecular formula is C14H20FN3O2. The Balaban J connectivity index is 2.36. The second-order valence-corrected chi connectivity index (χ2v) is 5.33. The fraction of sp³-hybridized carbons (Fsp3) is 0.500. The van der Waals surface area contributed by atoms with E-state index in [0.29, 0.717) is 5.69 Å². The molecule has 1 atom stereocenters. The maximum Gasteiger partial charge on any atom is 0.340 e. The van der Waals surface area contributed by atoms with E-state index in [0.717, 1.165) is 25.9 Å². The van der Waals surface area contributed by atoms with Gasteiger partial charge in [-0.15, -0.1) is 0 Å². The number of piperidine rings is 1. The van der Waals surface area contributed by atoms with Gasteiger partial charge in [-0.1, -0.05) is 0 Å². The standard InChI is InChI=1S/C14H20FN3O2/c1-17-7-3-4-9(8-17)18(2)11-6-5-10(15)13(16)12(11)14(19)20/h5-6,9H,3-4,7-8,16H2,1-2H3,(H,19,20). The summed E-state index contributed by atoms with van der Waals surface area (Å²) in [4.78, 5) is 15.5. The van der Waals surface area contributed by atoms with Crippen LogP contribution >= 0.6 is 0 Å². The number of halogens is 1. The van der Waals surface area contributed by atoms with Gasteiger partial charge in [-0.3, -0.25) is 0 Å². The number of nitrogens with zero attached hydrogens (tertiary/aromatic N) is 2. The van der Waals surface area contributed by atoms with Crippen LogP contribution < -0.4 is 10.6 Å². The lowest BCUT2D eigenvalue weighted by Crippen LogP contribution is -2.45. The Hall–Kier alpha value is -1.82. The number of rotatable bonds is 3. The van der Waals surface area contributed by atoms with Gasteiger partial charge < -0.3 is 20.6 Å². The predicted octanol–water partition coefficient (Wildman–Crippen LogP) is 1.64. The second-order valence-electron chi connectivity index (χ2n) is 5.33. The van der Waals surface area contributed by atoms with Crippen molar-refractivity contribution < 1.29 is 14.3 Å². The summed E-state index contributed by atoms with van der Waals surface area (Å²) in [7, 11) is 3.88. The third-order valence-electron chi connectivity index (χ3n) is 3.91. The van der Waals surface area contributed by atoms with Gasteiger partial charge in [-0.05, 0) is 38.6 Å². The summed E-state index contributed by atoms with van der Waals surface area (Å²) in [5, 5.41) is 9.29. The molecule has 1 saturated heterocycles. The molecule has 1 heterocycles. The first-order valence-electron chi connectivity index (χ1n) is 6.64. The lowest BCUT2D eigenvalue weighted by atomic mass is 10.0. The van der Waals surface area contributed by atoms with Crippen LogP contribution in [0.5, 0.6) is 0 Å². The minimum absolute atomic E-state index is 0.152. The number of hydrogen-bond acceptors (Lipinski definition) is 4. The zero-order valence-corrected chi connectivity index (χ0v) is 11.8. The maximum absolute atomic E-state index is 13.5. The number of hydrogen-bond donors (Lipinski definition) is 2. The van der Waals surface area contributed by atoms with Gasteiger partial charge >= 0.3 is 5.97 Å². The monoisotopic (exact) mass is 281 g/mol. The van der Waals surface area contributed by atoms with Crippen LogP contribution in [0, 0.1) is 5.82 Å². The summed E-state index contributed by atoms with van der Waals surface area (Å²) >= 11 is 0. The Labute approximate surface area is 117 Å². The van der Waals surface area contributed by atoms with E-state index >= 15 is 0 Å². The van der Waals surface area contributed by atoms with Gasteiger partial charge in [0.1, 0.15) is 11.4 Å². The van der Waals surface area contributed by atoms with Crippen LogP contribution in [-0.4, -0.2) is 49.2 Å². The molecule has 6 heteroatoms. The average molecular weight is 281 g/mol. The predicted molar refractivity (Wildman–Crippen MR) is 76.7 cm³/mol. The maximum atomic E-state index is 13.5. The fourth-order valence-electron chi connectivity index (χ4n) is 2.75. The van der Waals surface area contributed by atoms with Crippen molar-refractivity contribution in [1.29, 1.82) is 0 Å². The molecule has 2 rings (SSSR count). The number of nitrogens with two attached hydrogens (primary N) is 1. The molecule has 20 heavy (non-hydrogen) atoms. The number of nitrogen functional groups attached to an aromatic ring is 1. The van der Waals surface area contributed by atoms with Crippen molar-refractivity contribution in [1.82, 2.24) is 4.90 Å². The molecule has 0 saturated carbocycles. The summed E-state index contributed by atoms with van der Waals surface area (Å²) in [5.74, 6) is -1.90. The van der Waals surface area contributed by atoms with E-state index in [-0.39, 0.29) is 17.3 Å². The second kappa shape index (κ2) is 5.66. The molecule has 110 valence electrons. The van der Waals surface area contributed by atoms with Crippen LogP contribution in [0.2, 0.25) is 0 Å². The first-order chi connectivity index (χ1) is 9.41. The third-order valence-corrected chi connectivity index (χ3v) is 3.91. The molecule has 0 radical (unpaired) electrons. The average Bonchev–Trinajstić information content (AvgIpc) is 2.40. The largest absolute Gasteiger partial charge is 0.478 e. The molecule has 1 aromatic carbocycles. The van der Waals surface area contributed by atoms with E-state index in [2.05, 4.69) is 4.90 Å². The van der Waals surface area contributed by atoms with Gasteiger partial charge in [0, 0.05) is 19.6 Å². The van der Waals surface area contributed by atoms with Crippen molar-refractivity contribution in [2.24, 2.45) is 0 Å². The molecule has 0 bridgehead atoms. The van der Waals surface area contributed by atoms with Crippen molar-refractivity contribution in [2.45, 2.75) is 18.9 Å². The highest BCUT2D eigenvalue weighted by atomic mass is 19.1. The van der Waals surface area contributed by atoms with E-state index in [4.69, 9.17) is 5.73 Å². The van der Waals surface area contributed by atoms with Crippen molar-refractivity contribution in [2.75, 3.05) is 37.8 Å². The number of anilines is 2. The normalized spacial score (nSPS) is 19.9. The lowest BCUT2D eigenvalue weighted by Gasteiger charge is -2.37. The molecule has 3 N–H and O–H groups in total. The molecule has 0 amide bonds. The third kappa shape index (κ3) is 2.70. The van der Waals surface area contributed by atoms with Crippen molar-refractivity contribution >= 4 is 17.3 Å². The highest BCUT2D eigenvalue weighted by Crippen LogP contribution is 2.30. The van der Waals surface area contributed by atoms with Gasteiger partial charge in [0.05, 0.1) is 11.4 Å². The highest BCUT2D eigenvalue weighted by molar-refractivity contribution is 6.00. The van der Waals surface area contributed by atoms with Crippen LogP contribution in [-0.2, 0) is 0 Å². The molecule has 1 aromatic rings. The number of aromatic carboxylic acids is 1. The molecule has 1 aliphatic heterocycles. The summed E-state index contributed by atoms with van der Waals surface area (Å²) in [6, 6.07) is 2.92. The van der Waals surface area contributed by atoms with Gasteiger partial charge in [0.15, 0.2) is 0 Å². The lowest BCUT2D eigenvalue weighted by molar-refractivity contribution is 0.0698. The van der Waals surface area contributed by atoms with Crippen LogP contribution in [0.15, 0.2) is 12.1 Å². The van der Waals surface area contributed by atoms with Crippen molar-refractivity contribution in [3.8, 4) is 0 Å². The van der Waals surface area contributed by atoms with Gasteiger partial charge in [-0.25, -0.2) is 9.18 Å². The molecule has 0 spiro atoms. The quantitative estimate of drug-likeness (QED) is 0.824. The first-order valence-corrected chi connectivity index (χ1v) is 6.64.